The first-order chi connectivity index (χ1) is 17.0. The first-order valence-corrected chi connectivity index (χ1v) is 13.1. The monoisotopic (exact) mass is 497 g/mol. The van der Waals surface area contributed by atoms with E-state index in [2.05, 4.69) is 27.8 Å². The quantitative estimate of drug-likeness (QED) is 0.465. The second-order valence-electron chi connectivity index (χ2n) is 10.1. The lowest BCUT2D eigenvalue weighted by Crippen LogP contribution is -2.37. The van der Waals surface area contributed by atoms with Crippen molar-refractivity contribution in [1.29, 1.82) is 5.26 Å². The number of pyridine rings is 2. The maximum absolute atomic E-state index is 9.71. The lowest BCUT2D eigenvalue weighted by atomic mass is 9.82. The van der Waals surface area contributed by atoms with Crippen molar-refractivity contribution in [2.75, 3.05) is 31.6 Å². The maximum atomic E-state index is 9.71. The summed E-state index contributed by atoms with van der Waals surface area (Å²) in [4.78, 5) is 9.40. The van der Waals surface area contributed by atoms with Crippen LogP contribution in [-0.4, -0.2) is 53.5 Å². The third kappa shape index (κ3) is 7.14. The smallest absolute Gasteiger partial charge is 0.126 e. The van der Waals surface area contributed by atoms with Crippen LogP contribution in [0.5, 0.6) is 0 Å². The van der Waals surface area contributed by atoms with Gasteiger partial charge in [0.1, 0.15) is 5.82 Å². The number of ether oxygens (including phenoxy) is 1. The average molecular weight is 498 g/mol. The second kappa shape index (κ2) is 12.1. The lowest BCUT2D eigenvalue weighted by Gasteiger charge is -2.30. The number of rotatable bonds is 9. The van der Waals surface area contributed by atoms with Gasteiger partial charge in [0, 0.05) is 49.8 Å². The fraction of sp³-hybridized carbons (Fsp3) is 0.593. The third-order valence-corrected chi connectivity index (χ3v) is 7.58. The van der Waals surface area contributed by atoms with Crippen LogP contribution in [0.25, 0.3) is 11.3 Å². The number of aromatic nitrogens is 2. The normalized spacial score (nSPS) is 22.8. The Morgan fingerprint density at radius 2 is 2.03 bits per heavy atom. The highest BCUT2D eigenvalue weighted by atomic mass is 35.5. The fourth-order valence-electron chi connectivity index (χ4n) is 5.03. The maximum Gasteiger partial charge on any atom is 0.126 e. The summed E-state index contributed by atoms with van der Waals surface area (Å²) in [6.07, 6.45) is 8.38. The molecule has 2 aliphatic rings. The Kier molecular flexibility index (Phi) is 8.96. The molecule has 2 aromatic heterocycles. The molecule has 2 fully saturated rings. The van der Waals surface area contributed by atoms with Crippen LogP contribution in [0.3, 0.4) is 0 Å². The van der Waals surface area contributed by atoms with E-state index in [1.165, 1.54) is 0 Å². The van der Waals surface area contributed by atoms with Crippen LogP contribution in [0.2, 0.25) is 5.02 Å². The van der Waals surface area contributed by atoms with E-state index in [9.17, 15) is 10.4 Å². The Bertz CT molecular complexity index is 1010. The van der Waals surface area contributed by atoms with E-state index < -0.39 is 5.41 Å². The van der Waals surface area contributed by atoms with E-state index in [0.717, 1.165) is 67.7 Å². The first-order valence-electron chi connectivity index (χ1n) is 12.7. The van der Waals surface area contributed by atoms with Crippen molar-refractivity contribution in [3.63, 3.8) is 0 Å². The van der Waals surface area contributed by atoms with Crippen molar-refractivity contribution in [2.24, 2.45) is 11.3 Å². The molecule has 8 heteroatoms. The van der Waals surface area contributed by atoms with Crippen LogP contribution in [0.1, 0.15) is 51.1 Å². The van der Waals surface area contributed by atoms with Gasteiger partial charge in [-0.1, -0.05) is 17.7 Å². The minimum Gasteiger partial charge on any atom is -0.392 e. The van der Waals surface area contributed by atoms with Crippen molar-refractivity contribution in [2.45, 2.75) is 64.0 Å². The van der Waals surface area contributed by atoms with Gasteiger partial charge in [0.15, 0.2) is 0 Å². The number of nitrogens with one attached hydrogen (secondary N) is 2. The number of hydrogen-bond acceptors (Lipinski definition) is 7. The molecule has 1 saturated carbocycles. The molecule has 4 rings (SSSR count). The van der Waals surface area contributed by atoms with E-state index in [1.807, 2.05) is 25.1 Å². The van der Waals surface area contributed by atoms with Crippen LogP contribution >= 0.6 is 11.6 Å². The molecule has 0 aromatic carbocycles. The molecule has 0 amide bonds. The Hall–Kier alpha value is -2.24. The topological polar surface area (TPSA) is 103 Å². The molecule has 35 heavy (non-hydrogen) atoms. The SMILES string of the molecule is C[C@H](O)CNC1CCC(Cc2cc(-c3cccc(NCC4(C#N)CCOCC4)n3)c(Cl)cn2)CC1. The molecular weight excluding hydrogens is 462 g/mol. The lowest BCUT2D eigenvalue weighted by molar-refractivity contribution is 0.0455. The van der Waals surface area contributed by atoms with Crippen molar-refractivity contribution in [1.82, 2.24) is 15.3 Å². The molecule has 1 aliphatic heterocycles. The van der Waals surface area contributed by atoms with E-state index in [4.69, 9.17) is 21.3 Å². The highest BCUT2D eigenvalue weighted by Gasteiger charge is 2.32. The van der Waals surface area contributed by atoms with Crippen molar-refractivity contribution in [3.05, 3.63) is 41.2 Å². The summed E-state index contributed by atoms with van der Waals surface area (Å²) in [6, 6.07) is 10.9. The molecule has 3 N–H and O–H groups in total. The van der Waals surface area contributed by atoms with E-state index in [-0.39, 0.29) is 6.10 Å². The Morgan fingerprint density at radius 3 is 2.74 bits per heavy atom. The van der Waals surface area contributed by atoms with Crippen LogP contribution in [-0.2, 0) is 11.2 Å². The summed E-state index contributed by atoms with van der Waals surface area (Å²) < 4.78 is 5.43. The summed E-state index contributed by atoms with van der Waals surface area (Å²) in [7, 11) is 0. The fourth-order valence-corrected chi connectivity index (χ4v) is 5.23. The standard InChI is InChI=1S/C27H36ClN5O2/c1-19(34)15-30-21-7-5-20(6-8-21)13-22-14-23(24(28)16-31-22)25-3-2-4-26(33-25)32-18-27(17-29)9-11-35-12-10-27/h2-4,14,16,19-21,30,34H,5-13,15,18H2,1H3,(H,32,33)/t19-,20?,21?/m0/s1. The van der Waals surface area contributed by atoms with Gasteiger partial charge < -0.3 is 20.5 Å². The van der Waals surface area contributed by atoms with Gasteiger partial charge in [0.2, 0.25) is 0 Å². The minimum atomic E-state index is -0.414. The Balaban J connectivity index is 1.38. The molecule has 1 saturated heterocycles. The van der Waals surface area contributed by atoms with Gasteiger partial charge in [-0.3, -0.25) is 4.98 Å². The number of aliphatic hydroxyl groups excluding tert-OH is 1. The highest BCUT2D eigenvalue weighted by molar-refractivity contribution is 6.33. The van der Waals surface area contributed by atoms with E-state index in [1.54, 1.807) is 6.20 Å². The van der Waals surface area contributed by atoms with Crippen molar-refractivity contribution >= 4 is 17.4 Å². The van der Waals surface area contributed by atoms with Crippen LogP contribution in [0.15, 0.2) is 30.5 Å². The molecule has 188 valence electrons. The molecule has 0 bridgehead atoms. The number of aliphatic hydroxyl groups is 1. The molecular formula is C27H36ClN5O2. The average Bonchev–Trinajstić information content (AvgIpc) is 2.89. The van der Waals surface area contributed by atoms with Gasteiger partial charge >= 0.3 is 0 Å². The predicted octanol–water partition coefficient (Wildman–Crippen LogP) is 4.60. The zero-order valence-corrected chi connectivity index (χ0v) is 21.2. The van der Waals surface area contributed by atoms with Crippen LogP contribution in [0, 0.1) is 22.7 Å². The van der Waals surface area contributed by atoms with Gasteiger partial charge in [-0.2, -0.15) is 5.26 Å². The number of nitriles is 1. The van der Waals surface area contributed by atoms with Crippen molar-refractivity contribution in [3.8, 4) is 17.3 Å². The number of hydrogen-bond donors (Lipinski definition) is 3. The van der Waals surface area contributed by atoms with E-state index >= 15 is 0 Å². The van der Waals surface area contributed by atoms with Crippen LogP contribution < -0.4 is 10.6 Å². The Morgan fingerprint density at radius 1 is 1.26 bits per heavy atom. The highest BCUT2D eigenvalue weighted by Crippen LogP contribution is 2.32. The van der Waals surface area contributed by atoms with Gasteiger partial charge in [-0.05, 0) is 76.0 Å². The summed E-state index contributed by atoms with van der Waals surface area (Å²) in [5.74, 6) is 1.34. The van der Waals surface area contributed by atoms with Gasteiger partial charge in [-0.15, -0.1) is 0 Å². The molecule has 1 atom stereocenters. The molecule has 3 heterocycles. The summed E-state index contributed by atoms with van der Waals surface area (Å²) >= 11 is 6.54. The largest absolute Gasteiger partial charge is 0.392 e. The van der Waals surface area contributed by atoms with Crippen molar-refractivity contribution < 1.29 is 9.84 Å². The van der Waals surface area contributed by atoms with E-state index in [0.29, 0.717) is 43.3 Å². The number of halogens is 1. The zero-order chi connectivity index (χ0) is 24.7. The minimum absolute atomic E-state index is 0.305. The van der Waals surface area contributed by atoms with Gasteiger partial charge in [0.05, 0.1) is 28.3 Å². The molecule has 7 nitrogen and oxygen atoms in total. The van der Waals surface area contributed by atoms with Gasteiger partial charge in [-0.25, -0.2) is 4.98 Å². The molecule has 0 spiro atoms. The molecule has 0 radical (unpaired) electrons. The zero-order valence-electron chi connectivity index (χ0n) is 20.5. The van der Waals surface area contributed by atoms with Gasteiger partial charge in [0.25, 0.3) is 0 Å². The second-order valence-corrected chi connectivity index (χ2v) is 10.5. The molecule has 0 unspecified atom stereocenters. The number of anilines is 1. The summed E-state index contributed by atoms with van der Waals surface area (Å²) in [5, 5.41) is 26.6. The molecule has 2 aromatic rings. The number of nitrogens with zero attached hydrogens (tertiary/aromatic N) is 3. The summed E-state index contributed by atoms with van der Waals surface area (Å²) in [5.41, 5.74) is 2.30. The Labute approximate surface area is 213 Å². The predicted molar refractivity (Wildman–Crippen MR) is 138 cm³/mol. The first kappa shape index (κ1) is 25.8. The summed E-state index contributed by atoms with van der Waals surface area (Å²) in [6.45, 7) is 4.27. The third-order valence-electron chi connectivity index (χ3n) is 7.28. The molecule has 1 aliphatic carbocycles. The van der Waals surface area contributed by atoms with Crippen LogP contribution in [0.4, 0.5) is 5.82 Å².